The smallest absolute Gasteiger partial charge is 0.166 e. The van der Waals surface area contributed by atoms with Crippen molar-refractivity contribution < 1.29 is 14.2 Å². The lowest BCUT2D eigenvalue weighted by Gasteiger charge is -2.30. The minimum atomic E-state index is -0.660. The predicted octanol–water partition coefficient (Wildman–Crippen LogP) is 4.91. The lowest BCUT2D eigenvalue weighted by atomic mass is 10.1. The van der Waals surface area contributed by atoms with Gasteiger partial charge in [0.05, 0.1) is 22.9 Å². The third-order valence-corrected chi connectivity index (χ3v) is 6.78. The Hall–Kier alpha value is -2.39. The number of ether oxygens (including phenoxy) is 1. The number of hydrogen-bond acceptors (Lipinski definition) is 6. The summed E-state index contributed by atoms with van der Waals surface area (Å²) >= 11 is 12.4. The molecular formula is C24H28Cl2FN5O2. The number of benzene rings is 1. The molecule has 2 atom stereocenters. The highest BCUT2D eigenvalue weighted by Crippen LogP contribution is 2.37. The van der Waals surface area contributed by atoms with Crippen molar-refractivity contribution in [2.24, 2.45) is 0 Å². The SMILES string of the molecule is CC(Oc1cc(-c2cnn(C(C)(C)CN3CCC(O)C3)c2)cnc1N)c1c(Cl)ccc(F)c1Cl. The maximum Gasteiger partial charge on any atom is 0.166 e. The lowest BCUT2D eigenvalue weighted by molar-refractivity contribution is 0.151. The zero-order valence-electron chi connectivity index (χ0n) is 19.3. The van der Waals surface area contributed by atoms with Gasteiger partial charge in [0, 0.05) is 53.7 Å². The summed E-state index contributed by atoms with van der Waals surface area (Å²) in [6.07, 6.45) is 5.25. The number of aromatic nitrogens is 3. The van der Waals surface area contributed by atoms with Crippen LogP contribution < -0.4 is 10.5 Å². The van der Waals surface area contributed by atoms with Gasteiger partial charge < -0.3 is 15.6 Å². The van der Waals surface area contributed by atoms with Crippen LogP contribution in [0, 0.1) is 5.82 Å². The largest absolute Gasteiger partial charge is 0.482 e. The van der Waals surface area contributed by atoms with Gasteiger partial charge in [0.25, 0.3) is 0 Å². The molecule has 0 radical (unpaired) electrons. The van der Waals surface area contributed by atoms with Gasteiger partial charge in [0.15, 0.2) is 11.6 Å². The van der Waals surface area contributed by atoms with E-state index in [1.165, 1.54) is 12.1 Å². The Bertz CT molecular complexity index is 1190. The molecule has 3 N–H and O–H groups in total. The topological polar surface area (TPSA) is 89.4 Å². The van der Waals surface area contributed by atoms with Crippen molar-refractivity contribution in [3.8, 4) is 16.9 Å². The molecule has 0 aliphatic carbocycles. The maximum atomic E-state index is 14.0. The van der Waals surface area contributed by atoms with Crippen LogP contribution in [0.4, 0.5) is 10.2 Å². The number of halogens is 3. The Kier molecular flexibility index (Phi) is 7.05. The Morgan fingerprint density at radius 2 is 2.06 bits per heavy atom. The molecule has 2 aromatic heterocycles. The fourth-order valence-corrected chi connectivity index (χ4v) is 4.93. The van der Waals surface area contributed by atoms with Crippen LogP contribution in [0.3, 0.4) is 0 Å². The van der Waals surface area contributed by atoms with Crippen molar-refractivity contribution in [1.29, 1.82) is 0 Å². The number of nitrogens with zero attached hydrogens (tertiary/aromatic N) is 4. The number of aliphatic hydroxyl groups is 1. The zero-order valence-corrected chi connectivity index (χ0v) is 20.8. The van der Waals surface area contributed by atoms with Crippen LogP contribution in [-0.2, 0) is 5.54 Å². The molecule has 1 saturated heterocycles. The Morgan fingerprint density at radius 3 is 2.76 bits per heavy atom. The zero-order chi connectivity index (χ0) is 24.6. The van der Waals surface area contributed by atoms with Crippen LogP contribution in [0.15, 0.2) is 36.8 Å². The quantitative estimate of drug-likeness (QED) is 0.441. The number of nitrogens with two attached hydrogens (primary N) is 1. The first kappa shape index (κ1) is 24.7. The van der Waals surface area contributed by atoms with E-state index >= 15 is 0 Å². The second-order valence-electron chi connectivity index (χ2n) is 9.29. The number of nitrogen functional groups attached to an aromatic ring is 1. The molecule has 3 aromatic rings. The van der Waals surface area contributed by atoms with Crippen LogP contribution in [0.1, 0.15) is 38.9 Å². The van der Waals surface area contributed by atoms with Gasteiger partial charge in [-0.15, -0.1) is 0 Å². The molecule has 0 saturated carbocycles. The molecule has 182 valence electrons. The average molecular weight is 508 g/mol. The van der Waals surface area contributed by atoms with Crippen LogP contribution in [0.5, 0.6) is 5.75 Å². The molecule has 0 spiro atoms. The molecule has 0 amide bonds. The molecule has 3 heterocycles. The van der Waals surface area contributed by atoms with Crippen molar-refractivity contribution in [3.63, 3.8) is 0 Å². The van der Waals surface area contributed by atoms with Crippen molar-refractivity contribution >= 4 is 29.0 Å². The highest BCUT2D eigenvalue weighted by Gasteiger charge is 2.29. The van der Waals surface area contributed by atoms with Gasteiger partial charge in [-0.25, -0.2) is 9.37 Å². The molecule has 34 heavy (non-hydrogen) atoms. The van der Waals surface area contributed by atoms with Gasteiger partial charge in [-0.05, 0) is 45.4 Å². The fourth-order valence-electron chi connectivity index (χ4n) is 4.25. The number of pyridine rings is 1. The van der Waals surface area contributed by atoms with E-state index in [0.29, 0.717) is 22.9 Å². The number of likely N-dealkylation sites (tertiary alicyclic amines) is 1. The number of aliphatic hydroxyl groups excluding tert-OH is 1. The third kappa shape index (κ3) is 5.15. The summed E-state index contributed by atoms with van der Waals surface area (Å²) < 4.78 is 21.9. The van der Waals surface area contributed by atoms with Gasteiger partial charge in [-0.1, -0.05) is 23.2 Å². The third-order valence-electron chi connectivity index (χ3n) is 6.07. The maximum absolute atomic E-state index is 14.0. The first-order valence-electron chi connectivity index (χ1n) is 11.1. The fraction of sp³-hybridized carbons (Fsp3) is 0.417. The molecule has 1 fully saturated rings. The Labute approximate surface area is 208 Å². The van der Waals surface area contributed by atoms with Crippen molar-refractivity contribution in [1.82, 2.24) is 19.7 Å². The monoisotopic (exact) mass is 507 g/mol. The molecule has 0 bridgehead atoms. The number of rotatable bonds is 7. The van der Waals surface area contributed by atoms with Gasteiger partial charge in [0.2, 0.25) is 0 Å². The molecule has 10 heteroatoms. The number of anilines is 1. The average Bonchev–Trinajstić information content (AvgIpc) is 3.42. The second kappa shape index (κ2) is 9.70. The Balaban J connectivity index is 1.55. The van der Waals surface area contributed by atoms with Crippen molar-refractivity contribution in [2.45, 2.75) is 44.9 Å². The summed E-state index contributed by atoms with van der Waals surface area (Å²) in [4.78, 5) is 6.51. The van der Waals surface area contributed by atoms with E-state index in [0.717, 1.165) is 30.6 Å². The van der Waals surface area contributed by atoms with Gasteiger partial charge in [-0.3, -0.25) is 9.58 Å². The van der Waals surface area contributed by atoms with E-state index in [1.54, 1.807) is 25.4 Å². The van der Waals surface area contributed by atoms with E-state index in [9.17, 15) is 9.50 Å². The highest BCUT2D eigenvalue weighted by atomic mass is 35.5. The molecule has 1 aromatic carbocycles. The molecule has 2 unspecified atom stereocenters. The van der Waals surface area contributed by atoms with E-state index in [2.05, 4.69) is 28.8 Å². The summed E-state index contributed by atoms with van der Waals surface area (Å²) in [6, 6.07) is 4.42. The molecule has 1 aliphatic rings. The first-order valence-corrected chi connectivity index (χ1v) is 11.8. The Morgan fingerprint density at radius 1 is 1.29 bits per heavy atom. The van der Waals surface area contributed by atoms with Crippen LogP contribution in [0.25, 0.3) is 11.1 Å². The van der Waals surface area contributed by atoms with E-state index in [4.69, 9.17) is 33.7 Å². The molecule has 4 rings (SSSR count). The minimum absolute atomic E-state index is 0.0864. The summed E-state index contributed by atoms with van der Waals surface area (Å²) in [7, 11) is 0. The van der Waals surface area contributed by atoms with Gasteiger partial charge in [0.1, 0.15) is 11.9 Å². The van der Waals surface area contributed by atoms with Crippen molar-refractivity contribution in [3.05, 3.63) is 58.2 Å². The van der Waals surface area contributed by atoms with Crippen molar-refractivity contribution in [2.75, 3.05) is 25.4 Å². The molecule has 7 nitrogen and oxygen atoms in total. The van der Waals surface area contributed by atoms with Crippen LogP contribution in [0.2, 0.25) is 10.0 Å². The highest BCUT2D eigenvalue weighted by molar-refractivity contribution is 6.36. The second-order valence-corrected chi connectivity index (χ2v) is 10.1. The summed E-state index contributed by atoms with van der Waals surface area (Å²) in [5.74, 6) is -0.0474. The normalized spacial score (nSPS) is 17.8. The minimum Gasteiger partial charge on any atom is -0.482 e. The van der Waals surface area contributed by atoms with Gasteiger partial charge in [-0.2, -0.15) is 5.10 Å². The van der Waals surface area contributed by atoms with Gasteiger partial charge >= 0.3 is 0 Å². The molecule has 1 aliphatic heterocycles. The summed E-state index contributed by atoms with van der Waals surface area (Å²) in [5.41, 5.74) is 7.74. The standard InChI is InChI=1S/C24H28Cl2FN5O2/c1-14(21-18(25)4-5-19(27)22(21)26)34-20-8-15(9-29-23(20)28)16-10-30-32(11-16)24(2,3)13-31-7-6-17(33)12-31/h4-5,8-11,14,17,33H,6-7,12-13H2,1-3H3,(H2,28,29). The summed E-state index contributed by atoms with van der Waals surface area (Å²) in [5, 5.41) is 14.6. The van der Waals surface area contributed by atoms with E-state index in [-0.39, 0.29) is 22.5 Å². The lowest BCUT2D eigenvalue weighted by Crippen LogP contribution is -2.40. The van der Waals surface area contributed by atoms with E-state index < -0.39 is 11.9 Å². The number of hydrogen-bond donors (Lipinski definition) is 2. The van der Waals surface area contributed by atoms with E-state index in [1.807, 2.05) is 10.9 Å². The first-order chi connectivity index (χ1) is 16.0. The summed E-state index contributed by atoms with van der Waals surface area (Å²) in [6.45, 7) is 8.26. The molecular weight excluding hydrogens is 480 g/mol. The predicted molar refractivity (Wildman–Crippen MR) is 132 cm³/mol. The van der Waals surface area contributed by atoms with Crippen LogP contribution >= 0.6 is 23.2 Å². The number of β-amino-alcohol motifs (C(OH)–C–C–N with tert-alkyl or cyclic N) is 1. The van der Waals surface area contributed by atoms with Crippen LogP contribution in [-0.4, -0.2) is 50.5 Å².